The predicted molar refractivity (Wildman–Crippen MR) is 147 cm³/mol. The van der Waals surface area contributed by atoms with Crippen LogP contribution in [0.15, 0.2) is 76.3 Å². The Morgan fingerprint density at radius 1 is 0.763 bits per heavy atom. The van der Waals surface area contributed by atoms with Gasteiger partial charge in [0.2, 0.25) is 5.95 Å². The second kappa shape index (κ2) is 12.6. The standard InChI is InChI=1S/C28H32N6O4/c1-4-16-29-25-7-5-6-22(31-25)17-30-26-32-27(35)34(19-21-10-14-24(38-3)15-11-21)28(36)33(26)18-20-8-12-23(37-2)13-9-20/h5-15H,4,16-19H2,1-3H3,(H,29,31)(H,30,32,35). The first-order chi connectivity index (χ1) is 18.5. The summed E-state index contributed by atoms with van der Waals surface area (Å²) in [6.07, 6.45) is 0.985. The van der Waals surface area contributed by atoms with E-state index in [-0.39, 0.29) is 19.0 Å². The minimum atomic E-state index is -0.634. The number of nitrogens with one attached hydrogen (secondary N) is 2. The fraction of sp³-hybridized carbons (Fsp3) is 0.286. The summed E-state index contributed by atoms with van der Waals surface area (Å²) in [6, 6.07) is 20.3. The van der Waals surface area contributed by atoms with Gasteiger partial charge in [0.15, 0.2) is 0 Å². The number of methoxy groups -OCH3 is 2. The lowest BCUT2D eigenvalue weighted by molar-refractivity contribution is 0.414. The highest BCUT2D eigenvalue weighted by molar-refractivity contribution is 5.37. The number of nitrogens with zero attached hydrogens (tertiary/aromatic N) is 4. The topological polar surface area (TPSA) is 112 Å². The zero-order valence-corrected chi connectivity index (χ0v) is 21.8. The number of rotatable bonds is 12. The fourth-order valence-corrected chi connectivity index (χ4v) is 3.87. The molecule has 0 fully saturated rings. The summed E-state index contributed by atoms with van der Waals surface area (Å²) in [5.74, 6) is 2.35. The average molecular weight is 517 g/mol. The molecular formula is C28H32N6O4. The quantitative estimate of drug-likeness (QED) is 0.295. The lowest BCUT2D eigenvalue weighted by Crippen LogP contribution is -2.43. The van der Waals surface area contributed by atoms with E-state index in [1.165, 1.54) is 4.57 Å². The number of benzene rings is 2. The summed E-state index contributed by atoms with van der Waals surface area (Å²) in [5, 5.41) is 6.41. The molecule has 0 bridgehead atoms. The molecule has 198 valence electrons. The van der Waals surface area contributed by atoms with Gasteiger partial charge in [0.25, 0.3) is 0 Å². The Hall–Kier alpha value is -4.60. The molecule has 2 aromatic carbocycles. The molecule has 2 heterocycles. The molecule has 2 N–H and O–H groups in total. The highest BCUT2D eigenvalue weighted by atomic mass is 16.5. The molecule has 10 heteroatoms. The van der Waals surface area contributed by atoms with Gasteiger partial charge in [-0.25, -0.2) is 19.1 Å². The van der Waals surface area contributed by atoms with E-state index in [9.17, 15) is 9.59 Å². The first-order valence-corrected chi connectivity index (χ1v) is 12.4. The van der Waals surface area contributed by atoms with Crippen molar-refractivity contribution in [3.05, 3.63) is 105 Å². The third-order valence-corrected chi connectivity index (χ3v) is 5.94. The summed E-state index contributed by atoms with van der Waals surface area (Å²) in [5.41, 5.74) is 1.29. The Bertz CT molecular complexity index is 1460. The Morgan fingerprint density at radius 3 is 1.95 bits per heavy atom. The van der Waals surface area contributed by atoms with Crippen molar-refractivity contribution >= 4 is 11.8 Å². The van der Waals surface area contributed by atoms with Crippen LogP contribution in [-0.2, 0) is 19.6 Å². The van der Waals surface area contributed by atoms with Crippen molar-refractivity contribution in [3.8, 4) is 11.5 Å². The van der Waals surface area contributed by atoms with Crippen LogP contribution in [0.3, 0.4) is 0 Å². The second-order valence-corrected chi connectivity index (χ2v) is 8.66. The summed E-state index contributed by atoms with van der Waals surface area (Å²) < 4.78 is 13.0. The lowest BCUT2D eigenvalue weighted by atomic mass is 10.2. The molecule has 2 aromatic heterocycles. The Morgan fingerprint density at radius 2 is 1.37 bits per heavy atom. The van der Waals surface area contributed by atoms with Gasteiger partial charge in [-0.2, -0.15) is 4.98 Å². The summed E-state index contributed by atoms with van der Waals surface area (Å²) in [4.78, 5) is 35.5. The van der Waals surface area contributed by atoms with Crippen molar-refractivity contribution in [1.82, 2.24) is 19.1 Å². The van der Waals surface area contributed by atoms with Crippen molar-refractivity contribution in [3.63, 3.8) is 0 Å². The minimum Gasteiger partial charge on any atom is -0.497 e. The number of hydrogen-bond donors (Lipinski definition) is 2. The van der Waals surface area contributed by atoms with Crippen molar-refractivity contribution in [2.75, 3.05) is 31.4 Å². The van der Waals surface area contributed by atoms with E-state index in [1.54, 1.807) is 26.4 Å². The molecular weight excluding hydrogens is 484 g/mol. The fourth-order valence-electron chi connectivity index (χ4n) is 3.87. The number of pyridine rings is 1. The van der Waals surface area contributed by atoms with Gasteiger partial charge in [0.1, 0.15) is 17.3 Å². The van der Waals surface area contributed by atoms with E-state index in [4.69, 9.17) is 9.47 Å². The maximum atomic E-state index is 13.6. The van der Waals surface area contributed by atoms with E-state index in [0.29, 0.717) is 18.0 Å². The van der Waals surface area contributed by atoms with E-state index in [0.717, 1.165) is 40.2 Å². The van der Waals surface area contributed by atoms with Crippen LogP contribution in [-0.4, -0.2) is 39.9 Å². The van der Waals surface area contributed by atoms with Gasteiger partial charge >= 0.3 is 11.4 Å². The molecule has 0 atom stereocenters. The molecule has 0 aliphatic carbocycles. The van der Waals surface area contributed by atoms with Gasteiger partial charge < -0.3 is 20.1 Å². The first kappa shape index (κ1) is 26.5. The molecule has 0 unspecified atom stereocenters. The molecule has 0 saturated carbocycles. The molecule has 0 saturated heterocycles. The van der Waals surface area contributed by atoms with Gasteiger partial charge in [-0.05, 0) is 53.9 Å². The van der Waals surface area contributed by atoms with Crippen LogP contribution in [0.4, 0.5) is 11.8 Å². The van der Waals surface area contributed by atoms with Crippen molar-refractivity contribution in [2.45, 2.75) is 33.0 Å². The van der Waals surface area contributed by atoms with Gasteiger partial charge in [-0.3, -0.25) is 4.57 Å². The zero-order valence-electron chi connectivity index (χ0n) is 21.8. The molecule has 0 aliphatic heterocycles. The van der Waals surface area contributed by atoms with Gasteiger partial charge in [0, 0.05) is 6.54 Å². The van der Waals surface area contributed by atoms with Crippen LogP contribution in [0.25, 0.3) is 0 Å². The van der Waals surface area contributed by atoms with E-state index in [2.05, 4.69) is 27.5 Å². The van der Waals surface area contributed by atoms with Gasteiger partial charge in [-0.1, -0.05) is 37.3 Å². The lowest BCUT2D eigenvalue weighted by Gasteiger charge is -2.16. The molecule has 0 amide bonds. The number of aromatic nitrogens is 4. The van der Waals surface area contributed by atoms with Crippen molar-refractivity contribution < 1.29 is 9.47 Å². The smallest absolute Gasteiger partial charge is 0.355 e. The Kier molecular flexibility index (Phi) is 8.76. The van der Waals surface area contributed by atoms with Gasteiger partial charge in [-0.15, -0.1) is 0 Å². The summed E-state index contributed by atoms with van der Waals surface area (Å²) in [6.45, 7) is 3.50. The van der Waals surface area contributed by atoms with Gasteiger partial charge in [0.05, 0.1) is 39.5 Å². The molecule has 0 spiro atoms. The van der Waals surface area contributed by atoms with Crippen LogP contribution >= 0.6 is 0 Å². The molecule has 0 radical (unpaired) electrons. The zero-order chi connectivity index (χ0) is 26.9. The summed E-state index contributed by atoms with van der Waals surface area (Å²) >= 11 is 0. The average Bonchev–Trinajstić information content (AvgIpc) is 2.95. The van der Waals surface area contributed by atoms with E-state index in [1.807, 2.05) is 54.6 Å². The van der Waals surface area contributed by atoms with E-state index < -0.39 is 11.4 Å². The van der Waals surface area contributed by atoms with Crippen LogP contribution in [0.5, 0.6) is 11.5 Å². The van der Waals surface area contributed by atoms with Crippen LogP contribution in [0, 0.1) is 0 Å². The van der Waals surface area contributed by atoms with Crippen LogP contribution < -0.4 is 31.5 Å². The third kappa shape index (κ3) is 6.58. The third-order valence-electron chi connectivity index (χ3n) is 5.94. The second-order valence-electron chi connectivity index (χ2n) is 8.66. The maximum absolute atomic E-state index is 13.6. The number of hydrogen-bond acceptors (Lipinski definition) is 8. The van der Waals surface area contributed by atoms with Crippen LogP contribution in [0.1, 0.15) is 30.2 Å². The normalized spacial score (nSPS) is 10.7. The van der Waals surface area contributed by atoms with Crippen molar-refractivity contribution in [1.29, 1.82) is 0 Å². The monoisotopic (exact) mass is 516 g/mol. The Labute approximate surface area is 220 Å². The first-order valence-electron chi connectivity index (χ1n) is 12.4. The molecule has 10 nitrogen and oxygen atoms in total. The molecule has 38 heavy (non-hydrogen) atoms. The SMILES string of the molecule is CCCNc1cccc(CNc2nc(=O)n(Cc3ccc(OC)cc3)c(=O)n2Cc2ccc(OC)cc2)n1. The predicted octanol–water partition coefficient (Wildman–Crippen LogP) is 3.35. The van der Waals surface area contributed by atoms with E-state index >= 15 is 0 Å². The molecule has 4 aromatic rings. The largest absolute Gasteiger partial charge is 0.497 e. The Balaban J connectivity index is 1.66. The minimum absolute atomic E-state index is 0.0876. The number of anilines is 2. The van der Waals surface area contributed by atoms with Crippen LogP contribution in [0.2, 0.25) is 0 Å². The molecule has 4 rings (SSSR count). The molecule has 0 aliphatic rings. The maximum Gasteiger partial charge on any atom is 0.355 e. The number of ether oxygens (including phenoxy) is 2. The van der Waals surface area contributed by atoms with Crippen molar-refractivity contribution in [2.24, 2.45) is 0 Å². The summed E-state index contributed by atoms with van der Waals surface area (Å²) in [7, 11) is 3.18. The highest BCUT2D eigenvalue weighted by Crippen LogP contribution is 2.15. The highest BCUT2D eigenvalue weighted by Gasteiger charge is 2.15.